The maximum absolute atomic E-state index is 6.44. The molecule has 1 aromatic carbocycles. The van der Waals surface area contributed by atoms with E-state index in [-0.39, 0.29) is 0 Å². The van der Waals surface area contributed by atoms with Crippen LogP contribution in [0, 0.1) is 6.92 Å². The molecule has 2 aromatic heterocycles. The number of aryl methyl sites for hydroxylation is 1. The van der Waals surface area contributed by atoms with Crippen LogP contribution in [0.25, 0.3) is 5.65 Å². The van der Waals surface area contributed by atoms with Gasteiger partial charge in [0, 0.05) is 37.2 Å². The Kier molecular flexibility index (Phi) is 3.36. The molecule has 0 fully saturated rings. The van der Waals surface area contributed by atoms with E-state index in [0.29, 0.717) is 5.15 Å². The van der Waals surface area contributed by atoms with Crippen LogP contribution in [0.1, 0.15) is 22.4 Å². The van der Waals surface area contributed by atoms with E-state index in [2.05, 4.69) is 39.2 Å². The molecule has 1 aliphatic heterocycles. The van der Waals surface area contributed by atoms with Gasteiger partial charge >= 0.3 is 0 Å². The third-order valence-corrected chi connectivity index (χ3v) is 4.59. The normalized spacial score (nSPS) is 15.2. The van der Waals surface area contributed by atoms with Gasteiger partial charge in [-0.1, -0.05) is 41.9 Å². The summed E-state index contributed by atoms with van der Waals surface area (Å²) < 4.78 is 1.95. The van der Waals surface area contributed by atoms with Gasteiger partial charge in [0.25, 0.3) is 0 Å². The van der Waals surface area contributed by atoms with Gasteiger partial charge in [-0.15, -0.1) is 0 Å². The van der Waals surface area contributed by atoms with Gasteiger partial charge in [0.05, 0.1) is 11.9 Å². The molecule has 112 valence electrons. The van der Waals surface area contributed by atoms with E-state index in [1.807, 2.05) is 23.7 Å². The standard InChI is InChI=1S/C17H17ClN4/c1-12-9-19-22-15-7-8-21(10-13-5-3-2-4-6-13)11-14(15)16(18)20-17(12)22/h2-6,9H,7-8,10-11H2,1H3. The molecule has 3 aromatic rings. The van der Waals surface area contributed by atoms with Crippen molar-refractivity contribution in [2.45, 2.75) is 26.4 Å². The molecule has 0 spiro atoms. The van der Waals surface area contributed by atoms with Crippen LogP contribution in [-0.4, -0.2) is 26.0 Å². The Labute approximate surface area is 134 Å². The van der Waals surface area contributed by atoms with E-state index in [1.165, 1.54) is 11.3 Å². The summed E-state index contributed by atoms with van der Waals surface area (Å²) in [6, 6.07) is 10.5. The zero-order valence-corrected chi connectivity index (χ0v) is 13.2. The van der Waals surface area contributed by atoms with Gasteiger partial charge in [-0.05, 0) is 12.5 Å². The summed E-state index contributed by atoms with van der Waals surface area (Å²) in [7, 11) is 0. The first-order chi connectivity index (χ1) is 10.7. The second kappa shape index (κ2) is 5.38. The van der Waals surface area contributed by atoms with Crippen molar-refractivity contribution in [1.82, 2.24) is 19.5 Å². The Bertz CT molecular complexity index is 826. The molecule has 22 heavy (non-hydrogen) atoms. The lowest BCUT2D eigenvalue weighted by Gasteiger charge is -2.29. The third kappa shape index (κ3) is 2.28. The van der Waals surface area contributed by atoms with Gasteiger partial charge < -0.3 is 0 Å². The topological polar surface area (TPSA) is 33.4 Å². The van der Waals surface area contributed by atoms with Gasteiger partial charge in [0.2, 0.25) is 0 Å². The smallest absolute Gasteiger partial charge is 0.159 e. The number of halogens is 1. The zero-order chi connectivity index (χ0) is 15.1. The molecular formula is C17H17ClN4. The van der Waals surface area contributed by atoms with Crippen molar-refractivity contribution >= 4 is 17.2 Å². The summed E-state index contributed by atoms with van der Waals surface area (Å²) in [5.74, 6) is 0. The molecule has 0 N–H and O–H groups in total. The minimum atomic E-state index is 0.615. The number of hydrogen-bond donors (Lipinski definition) is 0. The number of aromatic nitrogens is 3. The first-order valence-electron chi connectivity index (χ1n) is 7.50. The van der Waals surface area contributed by atoms with E-state index >= 15 is 0 Å². The summed E-state index contributed by atoms with van der Waals surface area (Å²) in [6.45, 7) is 4.79. The highest BCUT2D eigenvalue weighted by molar-refractivity contribution is 6.30. The molecule has 1 aliphatic rings. The van der Waals surface area contributed by atoms with Crippen LogP contribution in [0.5, 0.6) is 0 Å². The van der Waals surface area contributed by atoms with E-state index < -0.39 is 0 Å². The molecule has 0 bridgehead atoms. The van der Waals surface area contributed by atoms with Gasteiger partial charge in [0.15, 0.2) is 5.65 Å². The molecule has 0 amide bonds. The quantitative estimate of drug-likeness (QED) is 0.681. The maximum Gasteiger partial charge on any atom is 0.159 e. The molecule has 5 heteroatoms. The summed E-state index contributed by atoms with van der Waals surface area (Å²) in [6.07, 6.45) is 2.80. The van der Waals surface area contributed by atoms with Crippen molar-refractivity contribution in [3.63, 3.8) is 0 Å². The highest BCUT2D eigenvalue weighted by Crippen LogP contribution is 2.27. The van der Waals surface area contributed by atoms with Crippen molar-refractivity contribution in [3.05, 3.63) is 64.1 Å². The third-order valence-electron chi connectivity index (χ3n) is 4.27. The average Bonchev–Trinajstić information content (AvgIpc) is 2.90. The summed E-state index contributed by atoms with van der Waals surface area (Å²) in [5, 5.41) is 5.07. The van der Waals surface area contributed by atoms with Gasteiger partial charge in [-0.2, -0.15) is 5.10 Å². The molecule has 0 saturated carbocycles. The van der Waals surface area contributed by atoms with Crippen molar-refractivity contribution in [1.29, 1.82) is 0 Å². The van der Waals surface area contributed by atoms with E-state index in [1.54, 1.807) is 0 Å². The predicted octanol–water partition coefficient (Wildman–Crippen LogP) is 3.25. The lowest BCUT2D eigenvalue weighted by Crippen LogP contribution is -2.32. The number of rotatable bonds is 2. The molecule has 0 unspecified atom stereocenters. The SMILES string of the molecule is Cc1cnn2c3c(c(Cl)nc12)CN(Cc1ccccc1)CC3. The van der Waals surface area contributed by atoms with Crippen LogP contribution in [-0.2, 0) is 19.5 Å². The van der Waals surface area contributed by atoms with Crippen LogP contribution in [0.15, 0.2) is 36.5 Å². The maximum atomic E-state index is 6.44. The Morgan fingerprint density at radius 3 is 2.86 bits per heavy atom. The van der Waals surface area contributed by atoms with Gasteiger partial charge in [0.1, 0.15) is 5.15 Å². The Hall–Kier alpha value is -1.91. The first-order valence-corrected chi connectivity index (χ1v) is 7.88. The second-order valence-electron chi connectivity index (χ2n) is 5.84. The molecule has 3 heterocycles. The van der Waals surface area contributed by atoms with Crippen LogP contribution < -0.4 is 0 Å². The van der Waals surface area contributed by atoms with Crippen molar-refractivity contribution in [3.8, 4) is 0 Å². The highest BCUT2D eigenvalue weighted by Gasteiger charge is 2.23. The average molecular weight is 313 g/mol. The molecular weight excluding hydrogens is 296 g/mol. The van der Waals surface area contributed by atoms with Crippen molar-refractivity contribution in [2.24, 2.45) is 0 Å². The fraction of sp³-hybridized carbons (Fsp3) is 0.294. The van der Waals surface area contributed by atoms with Gasteiger partial charge in [-0.25, -0.2) is 9.50 Å². The number of benzene rings is 1. The Balaban J connectivity index is 1.67. The van der Waals surface area contributed by atoms with Gasteiger partial charge in [-0.3, -0.25) is 4.90 Å². The Morgan fingerprint density at radius 1 is 1.23 bits per heavy atom. The molecule has 0 atom stereocenters. The van der Waals surface area contributed by atoms with Crippen LogP contribution in [0.2, 0.25) is 5.15 Å². The minimum absolute atomic E-state index is 0.615. The molecule has 0 radical (unpaired) electrons. The number of fused-ring (bicyclic) bond motifs is 3. The minimum Gasteiger partial charge on any atom is -0.294 e. The largest absolute Gasteiger partial charge is 0.294 e. The number of hydrogen-bond acceptors (Lipinski definition) is 3. The molecule has 4 rings (SSSR count). The highest BCUT2D eigenvalue weighted by atomic mass is 35.5. The molecule has 0 aliphatic carbocycles. The summed E-state index contributed by atoms with van der Waals surface area (Å²) in [4.78, 5) is 6.94. The second-order valence-corrected chi connectivity index (χ2v) is 6.20. The van der Waals surface area contributed by atoms with E-state index in [0.717, 1.165) is 42.8 Å². The van der Waals surface area contributed by atoms with Crippen LogP contribution in [0.4, 0.5) is 0 Å². The van der Waals surface area contributed by atoms with Crippen molar-refractivity contribution < 1.29 is 0 Å². The fourth-order valence-electron chi connectivity index (χ4n) is 3.12. The number of nitrogens with zero attached hydrogens (tertiary/aromatic N) is 4. The van der Waals surface area contributed by atoms with Crippen molar-refractivity contribution in [2.75, 3.05) is 6.54 Å². The van der Waals surface area contributed by atoms with Crippen LogP contribution >= 0.6 is 11.6 Å². The molecule has 4 nitrogen and oxygen atoms in total. The van der Waals surface area contributed by atoms with E-state index in [9.17, 15) is 0 Å². The predicted molar refractivity (Wildman–Crippen MR) is 87.0 cm³/mol. The fourth-order valence-corrected chi connectivity index (χ4v) is 3.37. The lowest BCUT2D eigenvalue weighted by atomic mass is 10.1. The summed E-state index contributed by atoms with van der Waals surface area (Å²) >= 11 is 6.44. The Morgan fingerprint density at radius 2 is 2.05 bits per heavy atom. The molecule has 0 saturated heterocycles. The lowest BCUT2D eigenvalue weighted by molar-refractivity contribution is 0.241. The zero-order valence-electron chi connectivity index (χ0n) is 12.5. The van der Waals surface area contributed by atoms with E-state index in [4.69, 9.17) is 11.6 Å². The first kappa shape index (κ1) is 13.7. The summed E-state index contributed by atoms with van der Waals surface area (Å²) in [5.41, 5.74) is 5.58. The van der Waals surface area contributed by atoms with Crippen LogP contribution in [0.3, 0.4) is 0 Å². The monoisotopic (exact) mass is 312 g/mol.